The molecule has 3 rings (SSSR count). The molecular formula is C21H22O6. The zero-order chi connectivity index (χ0) is 19.4. The van der Waals surface area contributed by atoms with Crippen molar-refractivity contribution in [2.75, 3.05) is 20.8 Å². The van der Waals surface area contributed by atoms with Gasteiger partial charge in [-0.15, -0.1) is 0 Å². The van der Waals surface area contributed by atoms with Crippen LogP contribution in [0.25, 0.3) is 5.57 Å². The molecule has 6 heteroatoms. The second-order valence-corrected chi connectivity index (χ2v) is 6.20. The van der Waals surface area contributed by atoms with Crippen LogP contribution in [0, 0.1) is 5.92 Å². The lowest BCUT2D eigenvalue weighted by atomic mass is 9.74. The van der Waals surface area contributed by atoms with E-state index in [4.69, 9.17) is 18.6 Å². The molecule has 1 heterocycles. The molecule has 1 aliphatic rings. The Morgan fingerprint density at radius 2 is 2.04 bits per heavy atom. The molecule has 0 amide bonds. The number of esters is 1. The number of methoxy groups -OCH3 is 2. The summed E-state index contributed by atoms with van der Waals surface area (Å²) < 4.78 is 21.4. The summed E-state index contributed by atoms with van der Waals surface area (Å²) >= 11 is 0. The van der Waals surface area contributed by atoms with Gasteiger partial charge in [0.05, 0.1) is 27.1 Å². The normalized spacial score (nSPS) is 19.4. The van der Waals surface area contributed by atoms with Crippen molar-refractivity contribution in [3.63, 3.8) is 0 Å². The van der Waals surface area contributed by atoms with E-state index >= 15 is 0 Å². The smallest absolute Gasteiger partial charge is 0.317 e. The molecule has 0 radical (unpaired) electrons. The van der Waals surface area contributed by atoms with Crippen molar-refractivity contribution in [2.45, 2.75) is 19.3 Å². The number of carbonyl (C=O) groups excluding carboxylic acids is 2. The van der Waals surface area contributed by atoms with Gasteiger partial charge in [0, 0.05) is 11.5 Å². The summed E-state index contributed by atoms with van der Waals surface area (Å²) in [6.45, 7) is 1.93. The van der Waals surface area contributed by atoms with Crippen molar-refractivity contribution < 1.29 is 28.2 Å². The van der Waals surface area contributed by atoms with Crippen molar-refractivity contribution >= 4 is 17.3 Å². The zero-order valence-corrected chi connectivity index (χ0v) is 15.6. The van der Waals surface area contributed by atoms with Crippen LogP contribution >= 0.6 is 0 Å². The predicted octanol–water partition coefficient (Wildman–Crippen LogP) is 3.62. The van der Waals surface area contributed by atoms with E-state index in [1.807, 2.05) is 0 Å². The third-order valence-corrected chi connectivity index (χ3v) is 4.68. The summed E-state index contributed by atoms with van der Waals surface area (Å²) in [5.41, 5.74) is 1.46. The molecule has 1 aliphatic carbocycles. The van der Waals surface area contributed by atoms with Crippen LogP contribution in [0.5, 0.6) is 11.5 Å². The van der Waals surface area contributed by atoms with Crippen LogP contribution < -0.4 is 9.47 Å². The first-order valence-corrected chi connectivity index (χ1v) is 8.75. The topological polar surface area (TPSA) is 75.0 Å². The minimum atomic E-state index is -0.940. The van der Waals surface area contributed by atoms with Gasteiger partial charge in [-0.05, 0) is 55.3 Å². The van der Waals surface area contributed by atoms with Crippen molar-refractivity contribution in [1.82, 2.24) is 0 Å². The Morgan fingerprint density at radius 3 is 2.67 bits per heavy atom. The molecule has 142 valence electrons. The van der Waals surface area contributed by atoms with Crippen molar-refractivity contribution in [1.29, 1.82) is 0 Å². The molecule has 0 unspecified atom stereocenters. The molecule has 0 fully saturated rings. The standard InChI is InChI=1S/C21H22O6/c1-4-26-21(23)20-16(15-12-14(24-2)7-8-19(15)25-3)10-13(11-17(20)22)18-6-5-9-27-18/h5-9,11-12,16,20H,4,10H2,1-3H3/t16-,20+/m0/s1. The fourth-order valence-electron chi connectivity index (χ4n) is 3.44. The molecule has 2 atom stereocenters. The van der Waals surface area contributed by atoms with Gasteiger partial charge in [-0.2, -0.15) is 0 Å². The Hall–Kier alpha value is -3.02. The first-order chi connectivity index (χ1) is 13.1. The monoisotopic (exact) mass is 370 g/mol. The molecule has 0 aliphatic heterocycles. The second-order valence-electron chi connectivity index (χ2n) is 6.20. The van der Waals surface area contributed by atoms with Gasteiger partial charge in [-0.1, -0.05) is 0 Å². The van der Waals surface area contributed by atoms with E-state index in [0.717, 1.165) is 11.1 Å². The number of ketones is 1. The number of ether oxygens (including phenoxy) is 3. The fraction of sp³-hybridized carbons (Fsp3) is 0.333. The number of hydrogen-bond donors (Lipinski definition) is 0. The minimum absolute atomic E-state index is 0.208. The summed E-state index contributed by atoms with van der Waals surface area (Å²) in [6, 6.07) is 8.90. The second kappa shape index (κ2) is 8.12. The minimum Gasteiger partial charge on any atom is -0.497 e. The van der Waals surface area contributed by atoms with Gasteiger partial charge in [0.15, 0.2) is 5.78 Å². The molecule has 6 nitrogen and oxygen atoms in total. The third kappa shape index (κ3) is 3.74. The number of allylic oxidation sites excluding steroid dienone is 2. The molecule has 0 spiro atoms. The summed E-state index contributed by atoms with van der Waals surface area (Å²) in [5, 5.41) is 0. The van der Waals surface area contributed by atoms with Crippen LogP contribution in [0.3, 0.4) is 0 Å². The number of carbonyl (C=O) groups is 2. The number of benzene rings is 1. The van der Waals surface area contributed by atoms with Crippen LogP contribution in [0.2, 0.25) is 0 Å². The van der Waals surface area contributed by atoms with Crippen LogP contribution in [-0.4, -0.2) is 32.6 Å². The maximum atomic E-state index is 12.9. The van der Waals surface area contributed by atoms with Crippen molar-refractivity contribution in [3.8, 4) is 11.5 Å². The van der Waals surface area contributed by atoms with E-state index in [9.17, 15) is 9.59 Å². The first kappa shape index (κ1) is 18.8. The Balaban J connectivity index is 2.10. The van der Waals surface area contributed by atoms with E-state index in [1.165, 1.54) is 6.08 Å². The highest BCUT2D eigenvalue weighted by Gasteiger charge is 2.41. The van der Waals surface area contributed by atoms with E-state index in [1.54, 1.807) is 57.7 Å². The average Bonchev–Trinajstić information content (AvgIpc) is 3.21. The van der Waals surface area contributed by atoms with Gasteiger partial charge < -0.3 is 18.6 Å². The summed E-state index contributed by atoms with van der Waals surface area (Å²) in [4.78, 5) is 25.4. The maximum Gasteiger partial charge on any atom is 0.317 e. The Morgan fingerprint density at radius 1 is 1.22 bits per heavy atom. The molecule has 0 saturated carbocycles. The molecular weight excluding hydrogens is 348 g/mol. The van der Waals surface area contributed by atoms with Gasteiger partial charge in [0.2, 0.25) is 0 Å². The van der Waals surface area contributed by atoms with E-state index < -0.39 is 17.8 Å². The Kier molecular flexibility index (Phi) is 5.64. The highest BCUT2D eigenvalue weighted by Crippen LogP contribution is 2.44. The summed E-state index contributed by atoms with van der Waals surface area (Å²) in [5.74, 6) is -0.416. The number of furan rings is 1. The Labute approximate surface area is 157 Å². The number of hydrogen-bond acceptors (Lipinski definition) is 6. The van der Waals surface area contributed by atoms with Gasteiger partial charge in [-0.25, -0.2) is 0 Å². The van der Waals surface area contributed by atoms with Crippen molar-refractivity contribution in [2.24, 2.45) is 5.92 Å². The molecule has 0 N–H and O–H groups in total. The lowest BCUT2D eigenvalue weighted by Crippen LogP contribution is -2.34. The van der Waals surface area contributed by atoms with E-state index in [0.29, 0.717) is 23.7 Å². The van der Waals surface area contributed by atoms with E-state index in [2.05, 4.69) is 0 Å². The average molecular weight is 370 g/mol. The van der Waals surface area contributed by atoms with Crippen molar-refractivity contribution in [3.05, 3.63) is 54.0 Å². The maximum absolute atomic E-state index is 12.9. The van der Waals surface area contributed by atoms with Gasteiger partial charge in [0.25, 0.3) is 0 Å². The van der Waals surface area contributed by atoms with Crippen LogP contribution in [0.15, 0.2) is 47.1 Å². The van der Waals surface area contributed by atoms with Crippen LogP contribution in [-0.2, 0) is 14.3 Å². The van der Waals surface area contributed by atoms with E-state index in [-0.39, 0.29) is 12.4 Å². The summed E-state index contributed by atoms with van der Waals surface area (Å²) in [7, 11) is 3.12. The summed E-state index contributed by atoms with van der Waals surface area (Å²) in [6.07, 6.45) is 3.47. The van der Waals surface area contributed by atoms with Gasteiger partial charge >= 0.3 is 5.97 Å². The lowest BCUT2D eigenvalue weighted by molar-refractivity contribution is -0.151. The molecule has 27 heavy (non-hydrogen) atoms. The largest absolute Gasteiger partial charge is 0.497 e. The lowest BCUT2D eigenvalue weighted by Gasteiger charge is -2.30. The Bertz CT molecular complexity index is 850. The predicted molar refractivity (Wildman–Crippen MR) is 98.7 cm³/mol. The molecule has 2 aromatic rings. The van der Waals surface area contributed by atoms with Gasteiger partial charge in [0.1, 0.15) is 23.2 Å². The highest BCUT2D eigenvalue weighted by atomic mass is 16.5. The molecule has 0 bridgehead atoms. The SMILES string of the molecule is CCOC(=O)[C@H]1C(=O)C=C(c2ccco2)C[C@H]1c1cc(OC)ccc1OC. The molecule has 1 aromatic carbocycles. The van der Waals surface area contributed by atoms with Gasteiger partial charge in [-0.3, -0.25) is 9.59 Å². The van der Waals surface area contributed by atoms with Crippen LogP contribution in [0.4, 0.5) is 0 Å². The number of rotatable bonds is 6. The quantitative estimate of drug-likeness (QED) is 0.571. The zero-order valence-electron chi connectivity index (χ0n) is 15.6. The molecule has 1 aromatic heterocycles. The molecule has 0 saturated heterocycles. The van der Waals surface area contributed by atoms with Crippen LogP contribution in [0.1, 0.15) is 30.6 Å². The fourth-order valence-corrected chi connectivity index (χ4v) is 3.44. The first-order valence-electron chi connectivity index (χ1n) is 8.75. The highest BCUT2D eigenvalue weighted by molar-refractivity contribution is 6.10. The third-order valence-electron chi connectivity index (χ3n) is 4.68.